The van der Waals surface area contributed by atoms with Crippen molar-refractivity contribution in [3.05, 3.63) is 30.0 Å². The van der Waals surface area contributed by atoms with E-state index in [1.54, 1.807) is 12.2 Å². The second-order valence-corrected chi connectivity index (χ2v) is 9.73. The summed E-state index contributed by atoms with van der Waals surface area (Å²) in [6, 6.07) is 1.92. The third-order valence-electron chi connectivity index (χ3n) is 6.01. The molecular formula is C18H22BN3O4S. The van der Waals surface area contributed by atoms with Crippen LogP contribution in [0.25, 0.3) is 16.6 Å². The molecule has 0 atom stereocenters. The molecule has 1 aliphatic heterocycles. The Hall–Kier alpha value is -1.84. The van der Waals surface area contributed by atoms with Gasteiger partial charge in [0.25, 0.3) is 0 Å². The first-order valence-corrected chi connectivity index (χ1v) is 11.2. The van der Waals surface area contributed by atoms with Gasteiger partial charge < -0.3 is 14.7 Å². The van der Waals surface area contributed by atoms with Crippen LogP contribution in [0.1, 0.15) is 37.7 Å². The van der Waals surface area contributed by atoms with Crippen molar-refractivity contribution >= 4 is 33.7 Å². The maximum Gasteiger partial charge on any atom is 0.552 e. The number of H-pyrrole nitrogens is 1. The van der Waals surface area contributed by atoms with Gasteiger partial charge in [-0.3, -0.25) is 0 Å². The number of aromatic nitrogens is 2. The number of sulfonamides is 1. The van der Waals surface area contributed by atoms with Crippen molar-refractivity contribution in [3.63, 3.8) is 0 Å². The van der Waals surface area contributed by atoms with E-state index >= 15 is 0 Å². The second-order valence-electron chi connectivity index (χ2n) is 7.93. The summed E-state index contributed by atoms with van der Waals surface area (Å²) in [5, 5.41) is 11.0. The van der Waals surface area contributed by atoms with E-state index in [1.165, 1.54) is 0 Å². The van der Waals surface area contributed by atoms with Crippen LogP contribution in [-0.2, 0) is 10.0 Å². The van der Waals surface area contributed by atoms with Crippen molar-refractivity contribution in [1.29, 1.82) is 0 Å². The van der Waals surface area contributed by atoms with Gasteiger partial charge in [-0.25, -0.2) is 18.1 Å². The molecule has 2 aliphatic carbocycles. The molecule has 0 radical (unpaired) electrons. The fraction of sp³-hybridized carbons (Fsp3) is 0.500. The summed E-state index contributed by atoms with van der Waals surface area (Å²) in [6.45, 7) is 0. The van der Waals surface area contributed by atoms with Crippen molar-refractivity contribution in [1.82, 2.24) is 14.7 Å². The second kappa shape index (κ2) is 6.36. The van der Waals surface area contributed by atoms with Crippen molar-refractivity contribution in [3.8, 4) is 5.75 Å². The van der Waals surface area contributed by atoms with Gasteiger partial charge in [-0.15, -0.1) is 0 Å². The molecule has 2 aromatic rings. The topological polar surface area (TPSA) is 104 Å². The summed E-state index contributed by atoms with van der Waals surface area (Å²) < 4.78 is 33.0. The average molecular weight is 387 g/mol. The Morgan fingerprint density at radius 1 is 1.37 bits per heavy atom. The third-order valence-corrected chi connectivity index (χ3v) is 7.62. The zero-order valence-electron chi connectivity index (χ0n) is 14.9. The number of nitrogens with zero attached hydrogens (tertiary/aromatic N) is 1. The molecule has 0 spiro atoms. The van der Waals surface area contributed by atoms with E-state index in [9.17, 15) is 13.4 Å². The van der Waals surface area contributed by atoms with E-state index in [-0.39, 0.29) is 17.7 Å². The molecule has 0 unspecified atom stereocenters. The van der Waals surface area contributed by atoms with Gasteiger partial charge in [-0.1, -0.05) is 6.42 Å². The molecular weight excluding hydrogens is 365 g/mol. The predicted molar refractivity (Wildman–Crippen MR) is 103 cm³/mol. The smallest absolute Gasteiger partial charge is 0.531 e. The molecule has 5 rings (SSSR count). The van der Waals surface area contributed by atoms with Crippen LogP contribution >= 0.6 is 0 Å². The Morgan fingerprint density at radius 2 is 2.19 bits per heavy atom. The lowest BCUT2D eigenvalue weighted by molar-refractivity contribution is 0.304. The maximum atomic E-state index is 12.3. The first-order valence-electron chi connectivity index (χ1n) is 9.51. The van der Waals surface area contributed by atoms with Crippen LogP contribution in [0.5, 0.6) is 5.75 Å². The number of pyridine rings is 1. The van der Waals surface area contributed by atoms with Gasteiger partial charge in [-0.2, -0.15) is 0 Å². The molecule has 0 saturated heterocycles. The van der Waals surface area contributed by atoms with E-state index in [1.807, 2.05) is 12.3 Å². The minimum Gasteiger partial charge on any atom is -0.531 e. The number of rotatable bonds is 5. The number of allylic oxidation sites excluding steroid dienone is 1. The number of fused-ring (bicyclic) bond motifs is 3. The first kappa shape index (κ1) is 17.3. The number of nitrogens with one attached hydrogen (secondary N) is 2. The minimum atomic E-state index is -3.21. The summed E-state index contributed by atoms with van der Waals surface area (Å²) in [5.41, 5.74) is 2.74. The zero-order valence-corrected chi connectivity index (χ0v) is 15.7. The Labute approximate surface area is 158 Å². The fourth-order valence-corrected chi connectivity index (χ4v) is 6.11. The van der Waals surface area contributed by atoms with E-state index in [4.69, 9.17) is 4.65 Å². The summed E-state index contributed by atoms with van der Waals surface area (Å²) in [4.78, 5) is 7.42. The Balaban J connectivity index is 1.32. The van der Waals surface area contributed by atoms with Crippen molar-refractivity contribution in [2.24, 2.45) is 11.8 Å². The van der Waals surface area contributed by atoms with Gasteiger partial charge in [0.2, 0.25) is 10.0 Å². The average Bonchev–Trinajstić information content (AvgIpc) is 3.02. The highest BCUT2D eigenvalue weighted by Crippen LogP contribution is 2.46. The Kier molecular flexibility index (Phi) is 4.07. The molecule has 27 heavy (non-hydrogen) atoms. The van der Waals surface area contributed by atoms with E-state index < -0.39 is 17.1 Å². The normalized spacial score (nSPS) is 25.4. The fourth-order valence-electron chi connectivity index (χ4n) is 4.36. The first-order chi connectivity index (χ1) is 13.0. The van der Waals surface area contributed by atoms with Gasteiger partial charge in [0.05, 0.1) is 11.9 Å². The predicted octanol–water partition coefficient (Wildman–Crippen LogP) is 1.86. The van der Waals surface area contributed by atoms with E-state index in [0.29, 0.717) is 11.7 Å². The van der Waals surface area contributed by atoms with Gasteiger partial charge >= 0.3 is 7.12 Å². The highest BCUT2D eigenvalue weighted by Gasteiger charge is 2.39. The molecule has 9 heteroatoms. The van der Waals surface area contributed by atoms with E-state index in [0.717, 1.165) is 54.3 Å². The summed E-state index contributed by atoms with van der Waals surface area (Å²) >= 11 is 0. The molecule has 7 nitrogen and oxygen atoms in total. The van der Waals surface area contributed by atoms with Crippen molar-refractivity contribution in [2.45, 2.75) is 38.1 Å². The molecule has 3 heterocycles. The van der Waals surface area contributed by atoms with Crippen LogP contribution in [0, 0.1) is 11.8 Å². The molecule has 0 amide bonds. The highest BCUT2D eigenvalue weighted by molar-refractivity contribution is 7.89. The molecule has 142 valence electrons. The summed E-state index contributed by atoms with van der Waals surface area (Å²) in [7, 11) is -4.21. The van der Waals surface area contributed by atoms with Crippen LogP contribution in [0.3, 0.4) is 0 Å². The number of aromatic amines is 1. The van der Waals surface area contributed by atoms with Gasteiger partial charge in [0.1, 0.15) is 11.4 Å². The standard InChI is InChI=1S/C18H22BN3O4S/c23-19-8-15(17-14-4-5-20-18(14)21-9-16(17)26-19)12-6-13(7-12)22-27(24,25)10-11-2-1-3-11/h4-5,8-9,11-13,22-23H,1-3,6-7,10H2,(H,20,21). The van der Waals surface area contributed by atoms with Gasteiger partial charge in [-0.05, 0) is 55.1 Å². The number of hydrogen-bond acceptors (Lipinski definition) is 5. The quantitative estimate of drug-likeness (QED) is 0.680. The lowest BCUT2D eigenvalue weighted by Gasteiger charge is -2.39. The lowest BCUT2D eigenvalue weighted by atomic mass is 9.68. The maximum absolute atomic E-state index is 12.3. The molecule has 0 bridgehead atoms. The molecule has 2 fully saturated rings. The summed E-state index contributed by atoms with van der Waals surface area (Å²) in [5.74, 6) is 3.08. The lowest BCUT2D eigenvalue weighted by Crippen LogP contribution is -2.46. The molecule has 2 aromatic heterocycles. The minimum absolute atomic E-state index is 0.0343. The van der Waals surface area contributed by atoms with Crippen LogP contribution in [0.2, 0.25) is 0 Å². The highest BCUT2D eigenvalue weighted by atomic mass is 32.2. The van der Waals surface area contributed by atoms with Crippen LogP contribution in [-0.4, -0.2) is 42.3 Å². The molecule has 3 N–H and O–H groups in total. The van der Waals surface area contributed by atoms with Crippen molar-refractivity contribution < 1.29 is 18.1 Å². The van der Waals surface area contributed by atoms with Crippen LogP contribution in [0.4, 0.5) is 0 Å². The molecule has 2 saturated carbocycles. The van der Waals surface area contributed by atoms with Crippen molar-refractivity contribution in [2.75, 3.05) is 5.75 Å². The summed E-state index contributed by atoms with van der Waals surface area (Å²) in [6.07, 6.45) is 8.12. The Bertz CT molecular complexity index is 1010. The van der Waals surface area contributed by atoms with Crippen LogP contribution < -0.4 is 9.38 Å². The van der Waals surface area contributed by atoms with Gasteiger partial charge in [0, 0.05) is 23.2 Å². The van der Waals surface area contributed by atoms with Crippen LogP contribution in [0.15, 0.2) is 24.4 Å². The SMILES string of the molecule is O=S(=O)(CC1CCC1)NC1CC(C2=CB(O)Oc3cnc4[nH]ccc4c32)C1. The Morgan fingerprint density at radius 3 is 2.93 bits per heavy atom. The largest absolute Gasteiger partial charge is 0.552 e. The molecule has 3 aliphatic rings. The zero-order chi connectivity index (χ0) is 18.6. The van der Waals surface area contributed by atoms with Gasteiger partial charge in [0.15, 0.2) is 0 Å². The van der Waals surface area contributed by atoms with E-state index in [2.05, 4.69) is 14.7 Å². The monoisotopic (exact) mass is 387 g/mol. The number of hydrogen-bond donors (Lipinski definition) is 3. The molecule has 0 aromatic carbocycles. The third kappa shape index (κ3) is 3.17.